The third kappa shape index (κ3) is 3.78. The summed E-state index contributed by atoms with van der Waals surface area (Å²) in [6.45, 7) is 3.98. The van der Waals surface area contributed by atoms with Crippen LogP contribution < -0.4 is 4.72 Å². The Bertz CT molecular complexity index is 1050. The summed E-state index contributed by atoms with van der Waals surface area (Å²) in [7, 11) is -3.64. The normalized spacial score (nSPS) is 12.1. The molecular weight excluding hydrogens is 358 g/mol. The number of hydrogen-bond acceptors (Lipinski definition) is 5. The second kappa shape index (κ2) is 6.93. The van der Waals surface area contributed by atoms with Gasteiger partial charge in [-0.1, -0.05) is 6.07 Å². The van der Waals surface area contributed by atoms with E-state index in [1.165, 1.54) is 24.5 Å². The minimum Gasteiger partial charge on any atom is -0.478 e. The van der Waals surface area contributed by atoms with Crippen molar-refractivity contribution in [2.45, 2.75) is 31.2 Å². The van der Waals surface area contributed by atoms with Crippen LogP contribution in [0, 0.1) is 0 Å². The number of benzene rings is 1. The summed E-state index contributed by atoms with van der Waals surface area (Å²) >= 11 is 0. The topological polar surface area (TPSA) is 114 Å². The van der Waals surface area contributed by atoms with Crippen molar-refractivity contribution in [2.75, 3.05) is 6.54 Å². The predicted octanol–water partition coefficient (Wildman–Crippen LogP) is 2.43. The first-order valence-electron chi connectivity index (χ1n) is 8.06. The minimum absolute atomic E-state index is 0.0743. The van der Waals surface area contributed by atoms with E-state index in [2.05, 4.69) is 9.82 Å². The summed E-state index contributed by atoms with van der Waals surface area (Å²) in [5, 5.41) is 13.8. The fourth-order valence-corrected chi connectivity index (χ4v) is 3.45. The van der Waals surface area contributed by atoms with E-state index in [0.29, 0.717) is 17.8 Å². The largest absolute Gasteiger partial charge is 0.478 e. The number of nitrogens with zero attached hydrogens (tertiary/aromatic N) is 2. The van der Waals surface area contributed by atoms with Crippen LogP contribution in [0.2, 0.25) is 0 Å². The molecule has 0 saturated heterocycles. The summed E-state index contributed by atoms with van der Waals surface area (Å²) in [4.78, 5) is 11.1. The summed E-state index contributed by atoms with van der Waals surface area (Å²) in [6, 6.07) is 6.46. The summed E-state index contributed by atoms with van der Waals surface area (Å²) in [5.41, 5.74) is 0.599. The molecule has 2 aromatic heterocycles. The highest BCUT2D eigenvalue weighted by atomic mass is 32.2. The molecule has 9 heteroatoms. The van der Waals surface area contributed by atoms with Crippen molar-refractivity contribution in [3.8, 4) is 0 Å². The van der Waals surface area contributed by atoms with Gasteiger partial charge in [-0.05, 0) is 32.0 Å². The molecule has 0 bridgehead atoms. The van der Waals surface area contributed by atoms with Gasteiger partial charge in [0.15, 0.2) is 0 Å². The Morgan fingerprint density at radius 1 is 1.35 bits per heavy atom. The zero-order valence-electron chi connectivity index (χ0n) is 14.3. The number of furan rings is 1. The van der Waals surface area contributed by atoms with E-state index >= 15 is 0 Å². The molecule has 1 aromatic carbocycles. The average molecular weight is 377 g/mol. The van der Waals surface area contributed by atoms with Gasteiger partial charge in [0.1, 0.15) is 16.2 Å². The van der Waals surface area contributed by atoms with E-state index in [1.54, 1.807) is 16.8 Å². The molecule has 2 heterocycles. The van der Waals surface area contributed by atoms with Gasteiger partial charge in [0.05, 0.1) is 11.8 Å². The third-order valence-electron chi connectivity index (χ3n) is 3.90. The molecule has 138 valence electrons. The first-order valence-corrected chi connectivity index (χ1v) is 9.54. The minimum atomic E-state index is -3.64. The molecular formula is C17H19N3O5S. The Balaban J connectivity index is 1.66. The Morgan fingerprint density at radius 2 is 2.12 bits per heavy atom. The SMILES string of the molecule is CC(C)n1cc(S(=O)(=O)NCCc2cc3ccc(C(=O)O)cc3o2)cn1. The van der Waals surface area contributed by atoms with Crippen LogP contribution in [0.25, 0.3) is 11.0 Å². The van der Waals surface area contributed by atoms with Gasteiger partial charge in [-0.3, -0.25) is 4.68 Å². The maximum atomic E-state index is 12.3. The highest BCUT2D eigenvalue weighted by Gasteiger charge is 2.17. The van der Waals surface area contributed by atoms with Crippen LogP contribution in [0.4, 0.5) is 0 Å². The zero-order chi connectivity index (χ0) is 18.9. The van der Waals surface area contributed by atoms with Crippen molar-refractivity contribution in [1.29, 1.82) is 0 Å². The second-order valence-corrected chi connectivity index (χ2v) is 7.93. The van der Waals surface area contributed by atoms with Crippen LogP contribution in [0.1, 0.15) is 36.0 Å². The van der Waals surface area contributed by atoms with Crippen molar-refractivity contribution in [3.63, 3.8) is 0 Å². The van der Waals surface area contributed by atoms with Crippen LogP contribution >= 0.6 is 0 Å². The van der Waals surface area contributed by atoms with Crippen LogP contribution in [0.5, 0.6) is 0 Å². The molecule has 8 nitrogen and oxygen atoms in total. The number of aromatic nitrogens is 2. The van der Waals surface area contributed by atoms with E-state index in [4.69, 9.17) is 9.52 Å². The number of aromatic carboxylic acids is 1. The molecule has 0 unspecified atom stereocenters. The third-order valence-corrected chi connectivity index (χ3v) is 5.31. The fourth-order valence-electron chi connectivity index (χ4n) is 2.48. The number of carbonyl (C=O) groups is 1. The van der Waals surface area contributed by atoms with E-state index in [-0.39, 0.29) is 23.0 Å². The summed E-state index contributed by atoms with van der Waals surface area (Å²) in [5.74, 6) is -0.456. The van der Waals surface area contributed by atoms with E-state index in [0.717, 1.165) is 5.39 Å². The van der Waals surface area contributed by atoms with E-state index < -0.39 is 16.0 Å². The van der Waals surface area contributed by atoms with Crippen LogP contribution in [0.15, 0.2) is 46.0 Å². The van der Waals surface area contributed by atoms with E-state index in [1.807, 2.05) is 13.8 Å². The van der Waals surface area contributed by atoms with Gasteiger partial charge in [-0.15, -0.1) is 0 Å². The standard InChI is InChI=1S/C17H19N3O5S/c1-11(2)20-10-15(9-18-20)26(23,24)19-6-5-14-7-12-3-4-13(17(21)22)8-16(12)25-14/h3-4,7-11,19H,5-6H2,1-2H3,(H,21,22). The lowest BCUT2D eigenvalue weighted by molar-refractivity contribution is 0.0697. The van der Waals surface area contributed by atoms with Gasteiger partial charge < -0.3 is 9.52 Å². The number of sulfonamides is 1. The first kappa shape index (κ1) is 18.2. The Labute approximate surface area is 150 Å². The lowest BCUT2D eigenvalue weighted by atomic mass is 10.1. The van der Waals surface area contributed by atoms with Gasteiger partial charge in [0.2, 0.25) is 10.0 Å². The molecule has 0 radical (unpaired) electrons. The van der Waals surface area contributed by atoms with Gasteiger partial charge in [0.25, 0.3) is 0 Å². The van der Waals surface area contributed by atoms with Gasteiger partial charge in [0, 0.05) is 30.6 Å². The first-order chi connectivity index (χ1) is 12.3. The molecule has 0 aliphatic carbocycles. The van der Waals surface area contributed by atoms with Crippen LogP contribution in [-0.2, 0) is 16.4 Å². The number of carboxylic acids is 1. The number of nitrogens with one attached hydrogen (secondary N) is 1. The Kier molecular flexibility index (Phi) is 4.84. The Morgan fingerprint density at radius 3 is 2.77 bits per heavy atom. The number of fused-ring (bicyclic) bond motifs is 1. The van der Waals surface area contributed by atoms with Crippen molar-refractivity contribution < 1.29 is 22.7 Å². The molecule has 0 aliphatic heterocycles. The highest BCUT2D eigenvalue weighted by molar-refractivity contribution is 7.89. The Hall–Kier alpha value is -2.65. The van der Waals surface area contributed by atoms with Crippen LogP contribution in [-0.4, -0.2) is 35.8 Å². The predicted molar refractivity (Wildman–Crippen MR) is 94.7 cm³/mol. The molecule has 0 atom stereocenters. The maximum Gasteiger partial charge on any atom is 0.335 e. The number of hydrogen-bond donors (Lipinski definition) is 2. The van der Waals surface area contributed by atoms with Crippen molar-refractivity contribution in [3.05, 3.63) is 48.0 Å². The smallest absolute Gasteiger partial charge is 0.335 e. The van der Waals surface area contributed by atoms with Crippen molar-refractivity contribution >= 4 is 27.0 Å². The van der Waals surface area contributed by atoms with Crippen LogP contribution in [0.3, 0.4) is 0 Å². The molecule has 2 N–H and O–H groups in total. The molecule has 0 spiro atoms. The van der Waals surface area contributed by atoms with E-state index in [9.17, 15) is 13.2 Å². The average Bonchev–Trinajstić information content (AvgIpc) is 3.21. The van der Waals surface area contributed by atoms with Crippen molar-refractivity contribution in [1.82, 2.24) is 14.5 Å². The summed E-state index contributed by atoms with van der Waals surface area (Å²) in [6.07, 6.45) is 3.15. The molecule has 0 aliphatic rings. The number of rotatable bonds is 7. The highest BCUT2D eigenvalue weighted by Crippen LogP contribution is 2.21. The molecule has 3 aromatic rings. The van der Waals surface area contributed by atoms with Gasteiger partial charge >= 0.3 is 5.97 Å². The summed E-state index contributed by atoms with van der Waals surface area (Å²) < 4.78 is 34.3. The molecule has 0 saturated carbocycles. The molecule has 3 rings (SSSR count). The lowest BCUT2D eigenvalue weighted by Gasteiger charge is -2.04. The van der Waals surface area contributed by atoms with Gasteiger partial charge in [-0.25, -0.2) is 17.9 Å². The molecule has 26 heavy (non-hydrogen) atoms. The van der Waals surface area contributed by atoms with Gasteiger partial charge in [-0.2, -0.15) is 5.10 Å². The van der Waals surface area contributed by atoms with Crippen molar-refractivity contribution in [2.24, 2.45) is 0 Å². The monoisotopic (exact) mass is 377 g/mol. The number of carboxylic acid groups (broad SMARTS) is 1. The quantitative estimate of drug-likeness (QED) is 0.653. The zero-order valence-corrected chi connectivity index (χ0v) is 15.2. The second-order valence-electron chi connectivity index (χ2n) is 6.17. The fraction of sp³-hybridized carbons (Fsp3) is 0.294. The lowest BCUT2D eigenvalue weighted by Crippen LogP contribution is -2.25. The maximum absolute atomic E-state index is 12.3. The molecule has 0 fully saturated rings. The molecule has 0 amide bonds.